The third-order valence-corrected chi connectivity index (χ3v) is 7.40. The second kappa shape index (κ2) is 8.61. The van der Waals surface area contributed by atoms with Crippen LogP contribution in [0.5, 0.6) is 0 Å². The quantitative estimate of drug-likeness (QED) is 0.199. The lowest BCUT2D eigenvalue weighted by Crippen LogP contribution is -2.61. The molecule has 8 rings (SSSR count). The van der Waals surface area contributed by atoms with E-state index in [4.69, 9.17) is 24.9 Å². The van der Waals surface area contributed by atoms with Crippen LogP contribution in [0.2, 0.25) is 0 Å². The number of rotatable bonds is 4. The van der Waals surface area contributed by atoms with Crippen molar-refractivity contribution < 1.29 is 0 Å². The third-order valence-electron chi connectivity index (χ3n) is 7.40. The molecule has 2 aromatic carbocycles. The first kappa shape index (κ1) is 23.1. The van der Waals surface area contributed by atoms with Crippen LogP contribution in [0.3, 0.4) is 0 Å². The number of pyridine rings is 2. The van der Waals surface area contributed by atoms with Crippen molar-refractivity contribution >= 4 is 45.9 Å². The third kappa shape index (κ3) is 3.54. The Hall–Kier alpha value is -5.78. The van der Waals surface area contributed by atoms with Crippen LogP contribution in [0.25, 0.3) is 22.1 Å². The predicted octanol–water partition coefficient (Wildman–Crippen LogP) is 3.30. The van der Waals surface area contributed by atoms with Crippen LogP contribution in [0.15, 0.2) is 101 Å². The number of imidazole rings is 2. The summed E-state index contributed by atoms with van der Waals surface area (Å²) >= 11 is 0. The highest BCUT2D eigenvalue weighted by Crippen LogP contribution is 2.42. The summed E-state index contributed by atoms with van der Waals surface area (Å²) in [6.45, 7) is 2.03. The van der Waals surface area contributed by atoms with Crippen LogP contribution >= 0.6 is 0 Å². The number of guanidine groups is 2. The first-order chi connectivity index (χ1) is 20.1. The molecule has 4 aromatic heterocycles. The minimum absolute atomic E-state index is 0.458. The van der Waals surface area contributed by atoms with Gasteiger partial charge in [0.25, 0.3) is 0 Å². The average molecular weight is 541 g/mol. The molecule has 2 aliphatic rings. The molecule has 200 valence electrons. The summed E-state index contributed by atoms with van der Waals surface area (Å²) in [5.74, 6) is 1.87. The Morgan fingerprint density at radius 1 is 0.585 bits per heavy atom. The standard InChI is InChI=1S/C29H24N12/c1-17-9-8-12-20-23(17)35-25(34-20)37-27-40-28(21-13-4-6-15-30-21)29(41-27,22-14-5-7-16-31-22)39-26(38-28)36-24-32-18-10-2-3-11-19(18)33-24/h2-16H,1H3,(H3,32,33,36,38,39)(H3,34,35,37,40,41). The van der Waals surface area contributed by atoms with Crippen molar-refractivity contribution in [2.45, 2.75) is 18.2 Å². The molecule has 0 aliphatic carbocycles. The van der Waals surface area contributed by atoms with Crippen LogP contribution in [0.1, 0.15) is 17.0 Å². The highest BCUT2D eigenvalue weighted by atomic mass is 15.6. The normalized spacial score (nSPS) is 21.2. The van der Waals surface area contributed by atoms with E-state index >= 15 is 0 Å². The van der Waals surface area contributed by atoms with E-state index < -0.39 is 11.3 Å². The Kier molecular flexibility index (Phi) is 4.86. The molecule has 12 nitrogen and oxygen atoms in total. The molecule has 2 fully saturated rings. The number of aryl methyl sites for hydroxylation is 1. The second-order valence-corrected chi connectivity index (χ2v) is 9.96. The van der Waals surface area contributed by atoms with Gasteiger partial charge in [0.2, 0.25) is 35.1 Å². The lowest BCUT2D eigenvalue weighted by molar-refractivity contribution is 0.197. The van der Waals surface area contributed by atoms with Crippen molar-refractivity contribution in [2.75, 3.05) is 0 Å². The fourth-order valence-corrected chi connectivity index (χ4v) is 5.55. The van der Waals surface area contributed by atoms with E-state index in [9.17, 15) is 0 Å². The number of aromatic amines is 2. The number of aliphatic imine (C=N–C) groups is 2. The molecule has 6 N–H and O–H groups in total. The van der Waals surface area contributed by atoms with Crippen LogP contribution in [0.4, 0.5) is 11.9 Å². The van der Waals surface area contributed by atoms with Gasteiger partial charge < -0.3 is 31.2 Å². The van der Waals surface area contributed by atoms with Gasteiger partial charge in [-0.15, -0.1) is 0 Å². The van der Waals surface area contributed by atoms with Gasteiger partial charge in [0.1, 0.15) is 0 Å². The van der Waals surface area contributed by atoms with Gasteiger partial charge in [0.15, 0.2) is 0 Å². The van der Waals surface area contributed by atoms with Gasteiger partial charge >= 0.3 is 0 Å². The zero-order valence-corrected chi connectivity index (χ0v) is 21.8. The number of fused-ring (bicyclic) bond motifs is 3. The van der Waals surface area contributed by atoms with Crippen LogP contribution in [0, 0.1) is 6.92 Å². The molecule has 0 saturated carbocycles. The molecule has 0 bridgehead atoms. The number of aromatic nitrogens is 6. The van der Waals surface area contributed by atoms with E-state index in [1.807, 2.05) is 85.8 Å². The highest BCUT2D eigenvalue weighted by molar-refractivity contribution is 5.95. The monoisotopic (exact) mass is 540 g/mol. The minimum atomic E-state index is -1.08. The van der Waals surface area contributed by atoms with E-state index in [2.05, 4.69) is 36.2 Å². The maximum Gasteiger partial charge on any atom is 0.231 e. The first-order valence-corrected chi connectivity index (χ1v) is 13.2. The second-order valence-electron chi connectivity index (χ2n) is 9.96. The van der Waals surface area contributed by atoms with E-state index in [0.29, 0.717) is 35.2 Å². The number of hydrogen-bond acceptors (Lipinski definition) is 6. The Bertz CT molecular complexity index is 1880. The fourth-order valence-electron chi connectivity index (χ4n) is 5.55. The molecular weight excluding hydrogens is 516 g/mol. The Labute approximate surface area is 233 Å². The molecule has 6 aromatic rings. The lowest BCUT2D eigenvalue weighted by atomic mass is 9.88. The number of benzene rings is 2. The van der Waals surface area contributed by atoms with Crippen LogP contribution in [-0.4, -0.2) is 41.8 Å². The summed E-state index contributed by atoms with van der Waals surface area (Å²) in [6, 6.07) is 25.3. The SMILES string of the molecule is Cc1cccc2[nH]c(N=C3NC4(c5ccccn5)NC(=Nc5nc6ccccc6[nH]5)NC4(c4ccccn4)N3)nc12. The van der Waals surface area contributed by atoms with Gasteiger partial charge in [-0.2, -0.15) is 9.98 Å². The smallest absolute Gasteiger partial charge is 0.231 e. The minimum Gasteiger partial charge on any atom is -0.324 e. The zero-order chi connectivity index (χ0) is 27.4. The van der Waals surface area contributed by atoms with Gasteiger partial charge in [-0.25, -0.2) is 9.97 Å². The maximum absolute atomic E-state index is 4.83. The molecule has 6 heterocycles. The molecule has 41 heavy (non-hydrogen) atoms. The van der Waals surface area contributed by atoms with Gasteiger partial charge in [-0.3, -0.25) is 9.97 Å². The van der Waals surface area contributed by atoms with E-state index in [-0.39, 0.29) is 0 Å². The van der Waals surface area contributed by atoms with Crippen LogP contribution < -0.4 is 21.3 Å². The van der Waals surface area contributed by atoms with Crippen molar-refractivity contribution in [3.63, 3.8) is 0 Å². The zero-order valence-electron chi connectivity index (χ0n) is 21.8. The summed E-state index contributed by atoms with van der Waals surface area (Å²) < 4.78 is 0. The molecule has 12 heteroatoms. The highest BCUT2D eigenvalue weighted by Gasteiger charge is 2.67. The lowest BCUT2D eigenvalue weighted by Gasteiger charge is -2.36. The summed E-state index contributed by atoms with van der Waals surface area (Å²) in [7, 11) is 0. The van der Waals surface area contributed by atoms with Crippen molar-refractivity contribution in [1.82, 2.24) is 51.2 Å². The number of H-pyrrole nitrogens is 2. The average Bonchev–Trinajstić information content (AvgIpc) is 3.74. The van der Waals surface area contributed by atoms with Crippen molar-refractivity contribution in [3.8, 4) is 0 Å². The Balaban J connectivity index is 1.28. The first-order valence-electron chi connectivity index (χ1n) is 13.2. The van der Waals surface area contributed by atoms with Crippen molar-refractivity contribution in [3.05, 3.63) is 108 Å². The van der Waals surface area contributed by atoms with Gasteiger partial charge in [-0.05, 0) is 55.0 Å². The number of nitrogens with zero attached hydrogens (tertiary/aromatic N) is 6. The molecular formula is C29H24N12. The van der Waals surface area contributed by atoms with Crippen LogP contribution in [-0.2, 0) is 11.3 Å². The number of hydrogen-bond donors (Lipinski definition) is 6. The van der Waals surface area contributed by atoms with Crippen molar-refractivity contribution in [2.24, 2.45) is 9.98 Å². The summed E-state index contributed by atoms with van der Waals surface area (Å²) in [4.78, 5) is 35.0. The van der Waals surface area contributed by atoms with Gasteiger partial charge in [0, 0.05) is 12.4 Å². The molecule has 2 saturated heterocycles. The summed E-state index contributed by atoms with van der Waals surface area (Å²) in [5, 5.41) is 14.2. The largest absolute Gasteiger partial charge is 0.324 e. The van der Waals surface area contributed by atoms with E-state index in [1.165, 1.54) is 0 Å². The molecule has 2 atom stereocenters. The predicted molar refractivity (Wildman–Crippen MR) is 155 cm³/mol. The molecule has 2 aliphatic heterocycles. The number of para-hydroxylation sites is 3. The Morgan fingerprint density at radius 2 is 1.15 bits per heavy atom. The topological polar surface area (TPSA) is 156 Å². The van der Waals surface area contributed by atoms with Gasteiger partial charge in [-0.1, -0.05) is 36.4 Å². The molecule has 0 radical (unpaired) electrons. The maximum atomic E-state index is 4.83. The van der Waals surface area contributed by atoms with E-state index in [0.717, 1.165) is 27.6 Å². The molecule has 0 spiro atoms. The summed E-state index contributed by atoms with van der Waals surface area (Å²) in [6.07, 6.45) is 3.50. The summed E-state index contributed by atoms with van der Waals surface area (Å²) in [5.41, 5.74) is 3.84. The van der Waals surface area contributed by atoms with Gasteiger partial charge in [0.05, 0.1) is 33.5 Å². The molecule has 0 amide bonds. The molecule has 2 unspecified atom stereocenters. The van der Waals surface area contributed by atoms with Crippen molar-refractivity contribution in [1.29, 1.82) is 0 Å². The fraction of sp³-hybridized carbons (Fsp3) is 0.103. The Morgan fingerprint density at radius 3 is 1.73 bits per heavy atom. The number of nitrogens with one attached hydrogen (secondary N) is 6. The van der Waals surface area contributed by atoms with E-state index in [1.54, 1.807) is 12.4 Å².